The van der Waals surface area contributed by atoms with Crippen molar-refractivity contribution in [2.45, 2.75) is 82.3 Å². The first-order valence-corrected chi connectivity index (χ1v) is 8.25. The molecular formula is C16H29NO3. The van der Waals surface area contributed by atoms with Crippen molar-refractivity contribution in [2.24, 2.45) is 5.92 Å². The maximum absolute atomic E-state index is 12.2. The van der Waals surface area contributed by atoms with Gasteiger partial charge < -0.3 is 15.5 Å². The van der Waals surface area contributed by atoms with Crippen LogP contribution >= 0.6 is 0 Å². The van der Waals surface area contributed by atoms with Gasteiger partial charge in [0.15, 0.2) is 0 Å². The van der Waals surface area contributed by atoms with Gasteiger partial charge in [-0.05, 0) is 25.7 Å². The second-order valence-electron chi connectivity index (χ2n) is 6.72. The minimum Gasteiger partial charge on any atom is -0.396 e. The fraction of sp³-hybridized carbons (Fsp3) is 0.938. The molecule has 1 amide bonds. The summed E-state index contributed by atoms with van der Waals surface area (Å²) in [6.07, 6.45) is 10.3. The van der Waals surface area contributed by atoms with E-state index in [2.05, 4.69) is 5.32 Å². The van der Waals surface area contributed by atoms with Crippen LogP contribution in [0, 0.1) is 5.92 Å². The Morgan fingerprint density at radius 2 is 1.70 bits per heavy atom. The number of hydrogen-bond donors (Lipinski definition) is 3. The van der Waals surface area contributed by atoms with Crippen LogP contribution in [-0.2, 0) is 4.79 Å². The van der Waals surface area contributed by atoms with Gasteiger partial charge in [0.1, 0.15) is 0 Å². The lowest BCUT2D eigenvalue weighted by Gasteiger charge is -2.32. The molecule has 0 aliphatic heterocycles. The molecule has 2 atom stereocenters. The van der Waals surface area contributed by atoms with Gasteiger partial charge in [-0.25, -0.2) is 0 Å². The van der Waals surface area contributed by atoms with E-state index in [1.807, 2.05) is 0 Å². The first-order valence-electron chi connectivity index (χ1n) is 8.25. The predicted octanol–water partition coefficient (Wildman–Crippen LogP) is 2.13. The van der Waals surface area contributed by atoms with Gasteiger partial charge in [0, 0.05) is 18.6 Å². The highest BCUT2D eigenvalue weighted by molar-refractivity contribution is 5.77. The summed E-state index contributed by atoms with van der Waals surface area (Å²) in [6.45, 7) is 0.148. The number of nitrogens with one attached hydrogen (secondary N) is 1. The van der Waals surface area contributed by atoms with Crippen molar-refractivity contribution in [3.63, 3.8) is 0 Å². The summed E-state index contributed by atoms with van der Waals surface area (Å²) in [5.74, 6) is 0.141. The Bertz CT molecular complexity index is 313. The van der Waals surface area contributed by atoms with Gasteiger partial charge in [0.25, 0.3) is 0 Å². The third-order valence-electron chi connectivity index (χ3n) is 5.01. The van der Waals surface area contributed by atoms with Crippen LogP contribution in [0.4, 0.5) is 0 Å². The van der Waals surface area contributed by atoms with Gasteiger partial charge in [0.2, 0.25) is 5.91 Å². The molecule has 0 aromatic heterocycles. The van der Waals surface area contributed by atoms with E-state index in [9.17, 15) is 15.0 Å². The predicted molar refractivity (Wildman–Crippen MR) is 78.2 cm³/mol. The third kappa shape index (κ3) is 4.45. The Labute approximate surface area is 122 Å². The van der Waals surface area contributed by atoms with Crippen LogP contribution in [0.5, 0.6) is 0 Å². The van der Waals surface area contributed by atoms with Gasteiger partial charge in [0.05, 0.1) is 12.0 Å². The lowest BCUT2D eigenvalue weighted by atomic mass is 9.82. The van der Waals surface area contributed by atoms with Crippen LogP contribution in [0.25, 0.3) is 0 Å². The van der Waals surface area contributed by atoms with E-state index in [1.165, 1.54) is 12.8 Å². The summed E-state index contributed by atoms with van der Waals surface area (Å²) in [7, 11) is 0. The summed E-state index contributed by atoms with van der Waals surface area (Å²) in [6, 6.07) is 0.0854. The van der Waals surface area contributed by atoms with E-state index in [1.54, 1.807) is 0 Å². The molecule has 0 spiro atoms. The lowest BCUT2D eigenvalue weighted by molar-refractivity contribution is -0.128. The zero-order valence-corrected chi connectivity index (χ0v) is 12.4. The molecule has 0 bridgehead atoms. The number of carbonyl (C=O) groups excluding carboxylic acids is 1. The molecule has 116 valence electrons. The fourth-order valence-electron chi connectivity index (χ4n) is 3.74. The highest BCUT2D eigenvalue weighted by Gasteiger charge is 2.33. The normalized spacial score (nSPS) is 30.5. The quantitative estimate of drug-likeness (QED) is 0.692. The van der Waals surface area contributed by atoms with Gasteiger partial charge in [-0.3, -0.25) is 4.79 Å². The number of amides is 1. The number of aliphatic hydroxyl groups excluding tert-OH is 1. The second-order valence-corrected chi connectivity index (χ2v) is 6.72. The smallest absolute Gasteiger partial charge is 0.223 e. The minimum absolute atomic E-state index is 0.0419. The minimum atomic E-state index is -0.790. The van der Waals surface area contributed by atoms with Crippen LogP contribution in [0.2, 0.25) is 0 Å². The van der Waals surface area contributed by atoms with Crippen LogP contribution in [0.3, 0.4) is 0 Å². The van der Waals surface area contributed by atoms with Crippen molar-refractivity contribution in [2.75, 3.05) is 6.61 Å². The van der Waals surface area contributed by atoms with Gasteiger partial charge in [-0.15, -0.1) is 0 Å². The van der Waals surface area contributed by atoms with Crippen molar-refractivity contribution in [1.29, 1.82) is 0 Å². The first-order chi connectivity index (χ1) is 9.63. The molecule has 0 aromatic carbocycles. The molecule has 4 heteroatoms. The molecule has 3 N–H and O–H groups in total. The van der Waals surface area contributed by atoms with Gasteiger partial charge in [-0.1, -0.05) is 38.5 Å². The van der Waals surface area contributed by atoms with Crippen LogP contribution in [0.1, 0.15) is 70.6 Å². The molecule has 2 aliphatic carbocycles. The molecule has 2 fully saturated rings. The van der Waals surface area contributed by atoms with E-state index in [0.717, 1.165) is 51.4 Å². The van der Waals surface area contributed by atoms with Crippen molar-refractivity contribution in [3.05, 3.63) is 0 Å². The Hall–Kier alpha value is -0.610. The Morgan fingerprint density at radius 3 is 2.40 bits per heavy atom. The van der Waals surface area contributed by atoms with Crippen LogP contribution < -0.4 is 5.32 Å². The van der Waals surface area contributed by atoms with Crippen LogP contribution in [-0.4, -0.2) is 34.4 Å². The molecule has 2 saturated carbocycles. The van der Waals surface area contributed by atoms with E-state index >= 15 is 0 Å². The third-order valence-corrected chi connectivity index (χ3v) is 5.01. The second kappa shape index (κ2) is 7.41. The average molecular weight is 283 g/mol. The first kappa shape index (κ1) is 15.8. The van der Waals surface area contributed by atoms with E-state index in [4.69, 9.17) is 0 Å². The monoisotopic (exact) mass is 283 g/mol. The highest BCUT2D eigenvalue weighted by Crippen LogP contribution is 2.31. The topological polar surface area (TPSA) is 69.6 Å². The Kier molecular flexibility index (Phi) is 5.85. The Balaban J connectivity index is 1.85. The summed E-state index contributed by atoms with van der Waals surface area (Å²) < 4.78 is 0. The molecule has 20 heavy (non-hydrogen) atoms. The number of aliphatic hydroxyl groups is 2. The highest BCUT2D eigenvalue weighted by atomic mass is 16.3. The molecule has 4 nitrogen and oxygen atoms in total. The molecular weight excluding hydrogens is 254 g/mol. The largest absolute Gasteiger partial charge is 0.396 e. The number of carbonyl (C=O) groups is 1. The van der Waals surface area contributed by atoms with E-state index < -0.39 is 5.60 Å². The molecule has 0 saturated heterocycles. The van der Waals surface area contributed by atoms with Crippen molar-refractivity contribution >= 4 is 5.91 Å². The Morgan fingerprint density at radius 1 is 1.05 bits per heavy atom. The maximum Gasteiger partial charge on any atom is 0.223 e. The fourth-order valence-corrected chi connectivity index (χ4v) is 3.74. The zero-order valence-electron chi connectivity index (χ0n) is 12.4. The molecule has 0 radical (unpaired) electrons. The summed E-state index contributed by atoms with van der Waals surface area (Å²) in [4.78, 5) is 12.2. The zero-order chi connectivity index (χ0) is 14.4. The standard InChI is InChI=1S/C16H29NO3/c18-12-13-7-3-1-4-8-14(13)17-15(19)11-16(20)9-5-2-6-10-16/h13-14,18,20H,1-12H2,(H,17,19). The molecule has 0 heterocycles. The van der Waals surface area contributed by atoms with Crippen molar-refractivity contribution in [3.8, 4) is 0 Å². The van der Waals surface area contributed by atoms with Crippen LogP contribution in [0.15, 0.2) is 0 Å². The van der Waals surface area contributed by atoms with Gasteiger partial charge >= 0.3 is 0 Å². The SMILES string of the molecule is O=C(CC1(O)CCCCC1)NC1CCCCCC1CO. The maximum atomic E-state index is 12.2. The van der Waals surface area contributed by atoms with E-state index in [-0.39, 0.29) is 30.9 Å². The number of hydrogen-bond acceptors (Lipinski definition) is 3. The summed E-state index contributed by atoms with van der Waals surface area (Å²) >= 11 is 0. The van der Waals surface area contributed by atoms with E-state index in [0.29, 0.717) is 0 Å². The molecule has 2 aliphatic rings. The average Bonchev–Trinajstić information content (AvgIpc) is 2.63. The van der Waals surface area contributed by atoms with Crippen molar-refractivity contribution < 1.29 is 15.0 Å². The molecule has 0 aromatic rings. The molecule has 2 unspecified atom stereocenters. The summed E-state index contributed by atoms with van der Waals surface area (Å²) in [5.41, 5.74) is -0.790. The lowest BCUT2D eigenvalue weighted by Crippen LogP contribution is -2.45. The number of rotatable bonds is 4. The molecule has 2 rings (SSSR count). The van der Waals surface area contributed by atoms with Gasteiger partial charge in [-0.2, -0.15) is 0 Å². The summed E-state index contributed by atoms with van der Waals surface area (Å²) in [5, 5.41) is 23.0. The van der Waals surface area contributed by atoms with Crippen molar-refractivity contribution in [1.82, 2.24) is 5.32 Å².